The van der Waals surface area contributed by atoms with E-state index in [2.05, 4.69) is 0 Å². The third-order valence-electron chi connectivity index (χ3n) is 4.85. The maximum absolute atomic E-state index is 11.8. The van der Waals surface area contributed by atoms with Crippen molar-refractivity contribution in [2.45, 2.75) is 57.7 Å². The number of hydrogen-bond donors (Lipinski definition) is 1. The zero-order chi connectivity index (χ0) is 11.4. The maximum Gasteiger partial charge on any atom is 0.138 e. The highest BCUT2D eigenvalue weighted by molar-refractivity contribution is 5.86. The van der Waals surface area contributed by atoms with Crippen LogP contribution in [0.15, 0.2) is 0 Å². The smallest absolute Gasteiger partial charge is 0.138 e. The molecular weight excluding hydrogens is 204 g/mol. The van der Waals surface area contributed by atoms with E-state index in [4.69, 9.17) is 9.84 Å². The molecule has 0 amide bonds. The molecule has 0 radical (unpaired) electrons. The van der Waals surface area contributed by atoms with E-state index >= 15 is 0 Å². The number of Topliss-reactive ketones (excluding diaryl/α,β-unsaturated/α-hetero) is 1. The van der Waals surface area contributed by atoms with E-state index in [9.17, 15) is 4.79 Å². The molecule has 2 unspecified atom stereocenters. The first-order chi connectivity index (χ1) is 7.63. The summed E-state index contributed by atoms with van der Waals surface area (Å²) in [4.78, 5) is 11.8. The Morgan fingerprint density at radius 1 is 1.38 bits per heavy atom. The van der Waals surface area contributed by atoms with Gasteiger partial charge in [-0.2, -0.15) is 0 Å². The second-order valence-corrected chi connectivity index (χ2v) is 5.93. The van der Waals surface area contributed by atoms with Crippen molar-refractivity contribution in [2.75, 3.05) is 6.61 Å². The van der Waals surface area contributed by atoms with E-state index in [1.807, 2.05) is 0 Å². The third kappa shape index (κ3) is 1.37. The predicted octanol–water partition coefficient (Wildman–Crippen LogP) is 1.68. The largest absolute Gasteiger partial charge is 0.396 e. The summed E-state index contributed by atoms with van der Waals surface area (Å²) in [5.74, 6) is 0.313. The van der Waals surface area contributed by atoms with E-state index in [1.165, 1.54) is 12.8 Å². The molecule has 1 heterocycles. The Hall–Kier alpha value is -0.410. The Kier molecular flexibility index (Phi) is 2.21. The minimum absolute atomic E-state index is 0.138. The van der Waals surface area contributed by atoms with Gasteiger partial charge in [-0.1, -0.05) is 0 Å². The van der Waals surface area contributed by atoms with Crippen LogP contribution in [0, 0.1) is 10.8 Å². The normalized spacial score (nSPS) is 37.6. The molecule has 3 fully saturated rings. The van der Waals surface area contributed by atoms with Gasteiger partial charge in [-0.25, -0.2) is 0 Å². The number of carbonyl (C=O) groups is 1. The molecule has 0 aromatic heterocycles. The molecule has 1 saturated heterocycles. The van der Waals surface area contributed by atoms with Gasteiger partial charge in [-0.3, -0.25) is 4.79 Å². The monoisotopic (exact) mass is 224 g/mol. The molecule has 2 saturated carbocycles. The average Bonchev–Trinajstić information content (AvgIpc) is 3.08. The van der Waals surface area contributed by atoms with E-state index in [1.54, 1.807) is 6.92 Å². The Balaban J connectivity index is 1.78. The van der Waals surface area contributed by atoms with E-state index < -0.39 is 0 Å². The van der Waals surface area contributed by atoms with Gasteiger partial charge in [0.25, 0.3) is 0 Å². The third-order valence-corrected chi connectivity index (χ3v) is 4.85. The van der Waals surface area contributed by atoms with E-state index in [0.29, 0.717) is 11.2 Å². The van der Waals surface area contributed by atoms with Crippen LogP contribution < -0.4 is 0 Å². The molecule has 0 aromatic carbocycles. The van der Waals surface area contributed by atoms with Crippen molar-refractivity contribution >= 4 is 5.78 Å². The molecular formula is C13H20O3. The first kappa shape index (κ1) is 10.7. The summed E-state index contributed by atoms with van der Waals surface area (Å²) in [7, 11) is 0. The number of ketones is 1. The second-order valence-electron chi connectivity index (χ2n) is 5.93. The minimum Gasteiger partial charge on any atom is -0.396 e. The van der Waals surface area contributed by atoms with Crippen molar-refractivity contribution in [1.29, 1.82) is 0 Å². The van der Waals surface area contributed by atoms with Crippen molar-refractivity contribution in [1.82, 2.24) is 0 Å². The summed E-state index contributed by atoms with van der Waals surface area (Å²) in [5.41, 5.74) is 0.169. The highest BCUT2D eigenvalue weighted by Gasteiger charge is 2.68. The fraction of sp³-hybridized carbons (Fsp3) is 0.923. The molecule has 16 heavy (non-hydrogen) atoms. The summed E-state index contributed by atoms with van der Waals surface area (Å²) in [5, 5.41) is 8.98. The maximum atomic E-state index is 11.8. The Morgan fingerprint density at radius 3 is 2.50 bits per heavy atom. The van der Waals surface area contributed by atoms with E-state index in [-0.39, 0.29) is 24.2 Å². The van der Waals surface area contributed by atoms with Crippen LogP contribution in [0.1, 0.15) is 45.4 Å². The number of ether oxygens (including phenoxy) is 1. The molecule has 3 rings (SSSR count). The van der Waals surface area contributed by atoms with Gasteiger partial charge in [-0.05, 0) is 45.4 Å². The molecule has 90 valence electrons. The predicted molar refractivity (Wildman–Crippen MR) is 59.0 cm³/mol. The summed E-state index contributed by atoms with van der Waals surface area (Å²) in [6.45, 7) is 1.91. The van der Waals surface area contributed by atoms with Gasteiger partial charge in [0.2, 0.25) is 0 Å². The quantitative estimate of drug-likeness (QED) is 0.790. The van der Waals surface area contributed by atoms with Crippen LogP contribution in [0.3, 0.4) is 0 Å². The van der Waals surface area contributed by atoms with Gasteiger partial charge in [0, 0.05) is 12.0 Å². The van der Waals surface area contributed by atoms with Crippen LogP contribution in [0.4, 0.5) is 0 Å². The molecule has 2 aliphatic carbocycles. The van der Waals surface area contributed by atoms with Gasteiger partial charge in [0.05, 0.1) is 17.6 Å². The highest BCUT2D eigenvalue weighted by Crippen LogP contribution is 2.68. The van der Waals surface area contributed by atoms with Crippen molar-refractivity contribution in [2.24, 2.45) is 10.8 Å². The van der Waals surface area contributed by atoms with Crippen LogP contribution in [-0.2, 0) is 9.53 Å². The first-order valence-electron chi connectivity index (χ1n) is 6.40. The van der Waals surface area contributed by atoms with Crippen molar-refractivity contribution in [3.63, 3.8) is 0 Å². The van der Waals surface area contributed by atoms with Gasteiger partial charge in [0.15, 0.2) is 0 Å². The minimum atomic E-state index is -0.138. The number of carbonyl (C=O) groups excluding carboxylic acids is 1. The second kappa shape index (κ2) is 3.30. The lowest BCUT2D eigenvalue weighted by atomic mass is 9.82. The molecule has 3 heteroatoms. The topological polar surface area (TPSA) is 46.5 Å². The lowest BCUT2D eigenvalue weighted by molar-refractivity contribution is -0.129. The molecule has 0 bridgehead atoms. The molecule has 1 aliphatic heterocycles. The van der Waals surface area contributed by atoms with Gasteiger partial charge in [0.1, 0.15) is 5.78 Å². The van der Waals surface area contributed by atoms with E-state index in [0.717, 1.165) is 25.7 Å². The molecule has 3 nitrogen and oxygen atoms in total. The number of hydrogen-bond acceptors (Lipinski definition) is 3. The Bertz CT molecular complexity index is 315. The summed E-state index contributed by atoms with van der Waals surface area (Å²) in [6, 6.07) is 0. The van der Waals surface area contributed by atoms with Crippen LogP contribution in [-0.4, -0.2) is 29.7 Å². The highest BCUT2D eigenvalue weighted by atomic mass is 16.5. The summed E-state index contributed by atoms with van der Waals surface area (Å²) >= 11 is 0. The number of aliphatic hydroxyl groups is 1. The summed E-state index contributed by atoms with van der Waals surface area (Å²) < 4.78 is 6.09. The zero-order valence-corrected chi connectivity index (χ0v) is 9.87. The lowest BCUT2D eigenvalue weighted by Gasteiger charge is -2.25. The van der Waals surface area contributed by atoms with Gasteiger partial charge >= 0.3 is 0 Å². The molecule has 3 aliphatic rings. The van der Waals surface area contributed by atoms with Crippen LogP contribution in [0.25, 0.3) is 0 Å². The standard InChI is InChI=1S/C13H20O3/c1-9(15)13(5-6-13)11-12(3-4-12)8-10(16-11)2-7-14/h10-11,14H,2-8H2,1H3. The SMILES string of the molecule is CC(=O)C1(C2OC(CCO)CC23CC3)CC1. The van der Waals surface area contributed by atoms with Crippen LogP contribution >= 0.6 is 0 Å². The molecule has 1 spiro atoms. The average molecular weight is 224 g/mol. The Labute approximate surface area is 96.2 Å². The number of rotatable bonds is 4. The van der Waals surface area contributed by atoms with Crippen LogP contribution in [0.5, 0.6) is 0 Å². The molecule has 2 atom stereocenters. The number of aliphatic hydroxyl groups excluding tert-OH is 1. The van der Waals surface area contributed by atoms with Gasteiger partial charge in [-0.15, -0.1) is 0 Å². The zero-order valence-electron chi connectivity index (χ0n) is 9.87. The lowest BCUT2D eigenvalue weighted by Crippen LogP contribution is -2.34. The molecule has 1 N–H and O–H groups in total. The fourth-order valence-corrected chi connectivity index (χ4v) is 3.54. The summed E-state index contributed by atoms with van der Waals surface area (Å²) in [6.07, 6.45) is 6.60. The fourth-order valence-electron chi connectivity index (χ4n) is 3.54. The first-order valence-corrected chi connectivity index (χ1v) is 6.40. The van der Waals surface area contributed by atoms with Gasteiger partial charge < -0.3 is 9.84 Å². The Morgan fingerprint density at radius 2 is 2.06 bits per heavy atom. The van der Waals surface area contributed by atoms with Crippen LogP contribution in [0.2, 0.25) is 0 Å². The van der Waals surface area contributed by atoms with Crippen molar-refractivity contribution < 1.29 is 14.6 Å². The van der Waals surface area contributed by atoms with Crippen molar-refractivity contribution in [3.8, 4) is 0 Å². The van der Waals surface area contributed by atoms with Crippen molar-refractivity contribution in [3.05, 3.63) is 0 Å². The molecule has 0 aromatic rings.